The Morgan fingerprint density at radius 3 is 2.61 bits per heavy atom. The molecule has 1 aromatic rings. The number of ether oxygens (including phenoxy) is 3. The Balaban J connectivity index is 1.54. The van der Waals surface area contributed by atoms with E-state index in [1.807, 2.05) is 25.1 Å². The van der Waals surface area contributed by atoms with Crippen molar-refractivity contribution >= 4 is 16.1 Å². The number of rotatable bonds is 2. The summed E-state index contributed by atoms with van der Waals surface area (Å²) in [6.45, 7) is 2.45. The molecule has 4 heterocycles. The number of hydrogen-bond acceptors (Lipinski definition) is 7. The molecule has 31 heavy (non-hydrogen) atoms. The molecule has 3 atom stereocenters. The molecule has 4 aliphatic rings. The minimum atomic E-state index is -3.42. The standard InChI is InChI=1S/C21H31N3O6S/c1-14-12-18(23-31(2,26)27)19-13-30-16-8-6-15(7-9-16)17-4-3-5-20(22-17)28-10-11-29-21(25)24(14)19/h3-5,14-16,18-19,23H,6-13H2,1-2H3. The Hall–Kier alpha value is -1.91. The van der Waals surface area contributed by atoms with Gasteiger partial charge in [-0.3, -0.25) is 4.90 Å². The first-order valence-corrected chi connectivity index (χ1v) is 12.8. The second kappa shape index (κ2) is 9.30. The topological polar surface area (TPSA) is 107 Å². The van der Waals surface area contributed by atoms with Gasteiger partial charge >= 0.3 is 6.09 Å². The van der Waals surface area contributed by atoms with Crippen LogP contribution in [0.15, 0.2) is 18.2 Å². The van der Waals surface area contributed by atoms with Crippen molar-refractivity contribution in [2.24, 2.45) is 0 Å². The van der Waals surface area contributed by atoms with Crippen LogP contribution in [0.1, 0.15) is 50.6 Å². The van der Waals surface area contributed by atoms with E-state index < -0.39 is 28.2 Å². The van der Waals surface area contributed by atoms with Crippen molar-refractivity contribution in [1.82, 2.24) is 14.6 Å². The lowest BCUT2D eigenvalue weighted by molar-refractivity contribution is -0.0118. The minimum Gasteiger partial charge on any atom is -0.474 e. The van der Waals surface area contributed by atoms with Crippen LogP contribution in [0.4, 0.5) is 4.79 Å². The minimum absolute atomic E-state index is 0.0799. The summed E-state index contributed by atoms with van der Waals surface area (Å²) in [4.78, 5) is 19.1. The first-order valence-electron chi connectivity index (χ1n) is 10.9. The molecule has 172 valence electrons. The maximum Gasteiger partial charge on any atom is 0.410 e. The summed E-state index contributed by atoms with van der Waals surface area (Å²) in [5.41, 5.74) is 1.02. The third kappa shape index (κ3) is 5.48. The van der Waals surface area contributed by atoms with E-state index in [1.165, 1.54) is 0 Å². The van der Waals surface area contributed by atoms with Gasteiger partial charge in [-0.25, -0.2) is 22.9 Å². The Kier molecular flexibility index (Phi) is 6.68. The number of pyridine rings is 1. The van der Waals surface area contributed by atoms with Gasteiger partial charge in [-0.15, -0.1) is 0 Å². The molecular formula is C21H31N3O6S. The van der Waals surface area contributed by atoms with Crippen molar-refractivity contribution in [3.8, 4) is 5.88 Å². The molecule has 0 aromatic carbocycles. The summed E-state index contributed by atoms with van der Waals surface area (Å²) in [5.74, 6) is 0.903. The van der Waals surface area contributed by atoms with Crippen molar-refractivity contribution in [3.05, 3.63) is 23.9 Å². The molecule has 1 amide bonds. The van der Waals surface area contributed by atoms with E-state index >= 15 is 0 Å². The first-order chi connectivity index (χ1) is 14.8. The summed E-state index contributed by atoms with van der Waals surface area (Å²) < 4.78 is 43.8. The van der Waals surface area contributed by atoms with Gasteiger partial charge in [-0.2, -0.15) is 0 Å². The van der Waals surface area contributed by atoms with Crippen LogP contribution in [-0.4, -0.2) is 74.7 Å². The molecule has 1 aromatic heterocycles. The quantitative estimate of drug-likeness (QED) is 0.730. The second-order valence-electron chi connectivity index (χ2n) is 8.73. The number of sulfonamides is 1. The predicted molar refractivity (Wildman–Crippen MR) is 114 cm³/mol. The number of fused-ring (bicyclic) bond motifs is 7. The number of carbonyl (C=O) groups is 1. The maximum atomic E-state index is 12.8. The molecule has 4 bridgehead atoms. The third-order valence-corrected chi connectivity index (χ3v) is 7.10. The van der Waals surface area contributed by atoms with Gasteiger partial charge in [-0.1, -0.05) is 6.07 Å². The Labute approximate surface area is 183 Å². The van der Waals surface area contributed by atoms with Crippen molar-refractivity contribution in [3.63, 3.8) is 0 Å². The van der Waals surface area contributed by atoms with E-state index in [9.17, 15) is 13.2 Å². The number of nitrogens with one attached hydrogen (secondary N) is 1. The van der Waals surface area contributed by atoms with E-state index in [0.717, 1.165) is 37.6 Å². The fourth-order valence-corrected chi connectivity index (χ4v) is 5.72. The van der Waals surface area contributed by atoms with Gasteiger partial charge < -0.3 is 14.2 Å². The molecule has 9 nitrogen and oxygen atoms in total. The monoisotopic (exact) mass is 453 g/mol. The number of amides is 1. The third-order valence-electron chi connectivity index (χ3n) is 6.37. The fourth-order valence-electron chi connectivity index (χ4n) is 4.92. The molecule has 2 fully saturated rings. The van der Waals surface area contributed by atoms with Crippen molar-refractivity contribution in [2.75, 3.05) is 26.1 Å². The molecule has 1 saturated carbocycles. The summed E-state index contributed by atoms with van der Waals surface area (Å²) in [6, 6.07) is 4.78. The van der Waals surface area contributed by atoms with Crippen LogP contribution in [0.2, 0.25) is 0 Å². The van der Waals surface area contributed by atoms with E-state index in [-0.39, 0.29) is 32.0 Å². The molecular weight excluding hydrogens is 422 g/mol. The van der Waals surface area contributed by atoms with Crippen molar-refractivity contribution < 1.29 is 27.4 Å². The SMILES string of the molecule is CC1CC(NS(C)(=O)=O)C2COC3CCC(CC3)c3cccc(n3)OCCOC(=O)N12. The summed E-state index contributed by atoms with van der Waals surface area (Å²) in [5, 5.41) is 0. The molecule has 1 aliphatic carbocycles. The van der Waals surface area contributed by atoms with Crippen LogP contribution >= 0.6 is 0 Å². The van der Waals surface area contributed by atoms with Gasteiger partial charge in [-0.05, 0) is 45.1 Å². The van der Waals surface area contributed by atoms with Crippen LogP contribution < -0.4 is 9.46 Å². The molecule has 1 N–H and O–H groups in total. The highest BCUT2D eigenvalue weighted by Gasteiger charge is 2.44. The summed E-state index contributed by atoms with van der Waals surface area (Å²) in [6.07, 6.45) is 4.97. The number of nitrogens with zero attached hydrogens (tertiary/aromatic N) is 2. The Morgan fingerprint density at radius 2 is 1.87 bits per heavy atom. The van der Waals surface area contributed by atoms with E-state index in [0.29, 0.717) is 18.2 Å². The van der Waals surface area contributed by atoms with E-state index in [1.54, 1.807) is 4.90 Å². The van der Waals surface area contributed by atoms with Crippen LogP contribution in [0.25, 0.3) is 0 Å². The average Bonchev–Trinajstić information content (AvgIpc) is 3.02. The van der Waals surface area contributed by atoms with Gasteiger partial charge in [0.2, 0.25) is 15.9 Å². The Morgan fingerprint density at radius 1 is 1.13 bits per heavy atom. The first kappa shape index (κ1) is 22.3. The highest BCUT2D eigenvalue weighted by molar-refractivity contribution is 7.88. The van der Waals surface area contributed by atoms with Crippen LogP contribution in [-0.2, 0) is 19.5 Å². The van der Waals surface area contributed by atoms with Gasteiger partial charge in [0.05, 0.1) is 25.0 Å². The van der Waals surface area contributed by atoms with Crippen molar-refractivity contribution in [1.29, 1.82) is 0 Å². The molecule has 5 rings (SSSR count). The average molecular weight is 454 g/mol. The zero-order chi connectivity index (χ0) is 22.0. The number of hydrogen-bond donors (Lipinski definition) is 1. The molecule has 3 unspecified atom stereocenters. The zero-order valence-electron chi connectivity index (χ0n) is 18.0. The number of carbonyl (C=O) groups excluding carboxylic acids is 1. The highest BCUT2D eigenvalue weighted by Crippen LogP contribution is 2.35. The van der Waals surface area contributed by atoms with Gasteiger partial charge in [0.15, 0.2) is 0 Å². The smallest absolute Gasteiger partial charge is 0.410 e. The second-order valence-corrected chi connectivity index (χ2v) is 10.5. The van der Waals surface area contributed by atoms with Gasteiger partial charge in [0.1, 0.15) is 13.2 Å². The molecule has 0 radical (unpaired) electrons. The largest absolute Gasteiger partial charge is 0.474 e. The summed E-state index contributed by atoms with van der Waals surface area (Å²) >= 11 is 0. The van der Waals surface area contributed by atoms with Crippen molar-refractivity contribution in [2.45, 2.75) is 69.2 Å². The normalized spacial score (nSPS) is 32.3. The Bertz CT molecular complexity index is 887. The lowest BCUT2D eigenvalue weighted by atomic mass is 9.85. The van der Waals surface area contributed by atoms with Crippen LogP contribution in [0, 0.1) is 0 Å². The lowest BCUT2D eigenvalue weighted by Crippen LogP contribution is -2.50. The maximum absolute atomic E-state index is 12.8. The molecule has 0 spiro atoms. The van der Waals surface area contributed by atoms with E-state index in [2.05, 4.69) is 9.71 Å². The highest BCUT2D eigenvalue weighted by atomic mass is 32.2. The lowest BCUT2D eigenvalue weighted by Gasteiger charge is -2.33. The predicted octanol–water partition coefficient (Wildman–Crippen LogP) is 2.03. The number of aromatic nitrogens is 1. The van der Waals surface area contributed by atoms with Crippen LogP contribution in [0.3, 0.4) is 0 Å². The molecule has 3 aliphatic heterocycles. The fraction of sp³-hybridized carbons (Fsp3) is 0.714. The van der Waals surface area contributed by atoms with Gasteiger partial charge in [0.25, 0.3) is 0 Å². The van der Waals surface area contributed by atoms with E-state index in [4.69, 9.17) is 14.2 Å². The molecule has 1 saturated heterocycles. The van der Waals surface area contributed by atoms with Gasteiger partial charge in [0, 0.05) is 29.8 Å². The summed E-state index contributed by atoms with van der Waals surface area (Å²) in [7, 11) is -3.42. The molecule has 10 heteroatoms. The van der Waals surface area contributed by atoms with Crippen LogP contribution in [0.5, 0.6) is 5.88 Å². The zero-order valence-corrected chi connectivity index (χ0v) is 18.8.